The van der Waals surface area contributed by atoms with Gasteiger partial charge in [-0.3, -0.25) is 0 Å². The molecule has 0 bridgehead atoms. The minimum absolute atomic E-state index is 0. The predicted octanol–water partition coefficient (Wildman–Crippen LogP) is 0.346. The van der Waals surface area contributed by atoms with E-state index in [9.17, 15) is 0 Å². The molecular formula is C33H24Cl2Zr. The van der Waals surface area contributed by atoms with Gasteiger partial charge in [-0.1, -0.05) is 127 Å². The molecule has 0 amide bonds. The molecule has 0 N–H and O–H groups in total. The summed E-state index contributed by atoms with van der Waals surface area (Å²) in [5, 5.41) is 2.79. The maximum absolute atomic E-state index is 2.40. The monoisotopic (exact) mass is 580 g/mol. The molecule has 0 saturated carbocycles. The van der Waals surface area contributed by atoms with Crippen LogP contribution in [0.2, 0.25) is 0 Å². The predicted molar refractivity (Wildman–Crippen MR) is 137 cm³/mol. The van der Waals surface area contributed by atoms with E-state index in [-0.39, 0.29) is 56.9 Å². The van der Waals surface area contributed by atoms with E-state index in [1.165, 1.54) is 49.4 Å². The fourth-order valence-corrected chi connectivity index (χ4v) is 6.35. The zero-order chi connectivity index (χ0) is 21.8. The Morgan fingerprint density at radius 2 is 1.11 bits per heavy atom. The molecule has 4 aromatic rings. The molecule has 3 aliphatic carbocycles. The van der Waals surface area contributed by atoms with Crippen molar-refractivity contribution in [2.75, 3.05) is 0 Å². The molecule has 0 heterocycles. The molecule has 0 nitrogen and oxygen atoms in total. The molecule has 2 atom stereocenters. The summed E-state index contributed by atoms with van der Waals surface area (Å²) in [5.74, 6) is 0.870. The summed E-state index contributed by atoms with van der Waals surface area (Å²) < 4.78 is 0. The van der Waals surface area contributed by atoms with Gasteiger partial charge in [0.2, 0.25) is 0 Å². The SMILES string of the molecule is C1=CC2=c3ccccc3=C(C(c3ccccc3)C3c4ccccc4-c4ccccc43)C2C=C1.[Cl-].[Cl-].[Zr+2]. The molecule has 2 unspecified atom stereocenters. The van der Waals surface area contributed by atoms with Crippen LogP contribution in [0.1, 0.15) is 28.5 Å². The summed E-state index contributed by atoms with van der Waals surface area (Å²) >= 11 is 0. The van der Waals surface area contributed by atoms with E-state index in [1.54, 1.807) is 0 Å². The Bertz CT molecular complexity index is 1540. The summed E-state index contributed by atoms with van der Waals surface area (Å²) in [6.07, 6.45) is 9.12. The first kappa shape index (κ1) is 26.6. The van der Waals surface area contributed by atoms with Gasteiger partial charge in [0, 0.05) is 17.8 Å². The van der Waals surface area contributed by atoms with Gasteiger partial charge in [0.1, 0.15) is 0 Å². The van der Waals surface area contributed by atoms with Gasteiger partial charge in [-0.15, -0.1) is 0 Å². The zero-order valence-corrected chi connectivity index (χ0v) is 23.6. The number of benzene rings is 4. The van der Waals surface area contributed by atoms with Crippen molar-refractivity contribution in [1.82, 2.24) is 0 Å². The maximum atomic E-state index is 2.40. The first-order chi connectivity index (χ1) is 16.4. The van der Waals surface area contributed by atoms with E-state index in [1.807, 2.05) is 0 Å². The topological polar surface area (TPSA) is 0 Å². The molecule has 0 aromatic heterocycles. The van der Waals surface area contributed by atoms with Crippen molar-refractivity contribution >= 4 is 11.1 Å². The average molecular weight is 583 g/mol. The van der Waals surface area contributed by atoms with E-state index < -0.39 is 0 Å². The van der Waals surface area contributed by atoms with Crippen molar-refractivity contribution < 1.29 is 51.0 Å². The molecule has 3 heteroatoms. The Hall–Kier alpha value is -2.44. The number of hydrogen-bond donors (Lipinski definition) is 0. The average Bonchev–Trinajstić information content (AvgIpc) is 3.39. The summed E-state index contributed by atoms with van der Waals surface area (Å²) in [6.45, 7) is 0. The van der Waals surface area contributed by atoms with Crippen LogP contribution in [0, 0.1) is 5.92 Å². The van der Waals surface area contributed by atoms with Crippen LogP contribution < -0.4 is 35.3 Å². The number of fused-ring (bicyclic) bond motifs is 5. The summed E-state index contributed by atoms with van der Waals surface area (Å²) in [5.41, 5.74) is 10.0. The Kier molecular flexibility index (Phi) is 8.06. The minimum Gasteiger partial charge on any atom is -1.00 e. The number of rotatable bonds is 3. The zero-order valence-electron chi connectivity index (χ0n) is 19.6. The van der Waals surface area contributed by atoms with Gasteiger partial charge in [0.15, 0.2) is 0 Å². The Labute approximate surface area is 244 Å². The minimum atomic E-state index is 0. The quantitative estimate of drug-likeness (QED) is 0.327. The van der Waals surface area contributed by atoms with Crippen molar-refractivity contribution in [2.45, 2.75) is 11.8 Å². The van der Waals surface area contributed by atoms with E-state index in [2.05, 4.69) is 127 Å². The molecule has 3 aliphatic rings. The second kappa shape index (κ2) is 10.9. The van der Waals surface area contributed by atoms with Crippen LogP contribution in [0.3, 0.4) is 0 Å². The first-order valence-electron chi connectivity index (χ1n) is 11.8. The number of halogens is 2. The van der Waals surface area contributed by atoms with Gasteiger partial charge >= 0.3 is 26.2 Å². The summed E-state index contributed by atoms with van der Waals surface area (Å²) in [4.78, 5) is 0. The standard InChI is InChI=1S/C33H24.2ClH.Zr/c1-2-12-22(13-3-1)31(32-27-18-8-4-14-23(27)24-15-5-9-19-28(24)32)33-29-20-10-6-16-25(29)26-17-7-11-21-30(26)33;;;/h1-21,27,31,33H;2*1H;/q;;;+2/p-2. The largest absolute Gasteiger partial charge is 2.00 e. The molecule has 174 valence electrons. The van der Waals surface area contributed by atoms with Crippen LogP contribution in [0.15, 0.2) is 127 Å². The van der Waals surface area contributed by atoms with Crippen molar-refractivity contribution in [3.05, 3.63) is 155 Å². The first-order valence-corrected chi connectivity index (χ1v) is 11.8. The molecule has 7 rings (SSSR count). The van der Waals surface area contributed by atoms with Gasteiger partial charge in [0.25, 0.3) is 0 Å². The molecule has 0 saturated heterocycles. The van der Waals surface area contributed by atoms with Crippen molar-refractivity contribution in [2.24, 2.45) is 5.92 Å². The Morgan fingerprint density at radius 1 is 0.556 bits per heavy atom. The molecule has 0 spiro atoms. The third kappa shape index (κ3) is 4.03. The van der Waals surface area contributed by atoms with Gasteiger partial charge in [-0.2, -0.15) is 0 Å². The fourth-order valence-electron chi connectivity index (χ4n) is 6.35. The fraction of sp³-hybridized carbons (Fsp3) is 0.0909. The van der Waals surface area contributed by atoms with Crippen molar-refractivity contribution in [1.29, 1.82) is 0 Å². The second-order valence-corrected chi connectivity index (χ2v) is 9.22. The number of allylic oxidation sites excluding steroid dienone is 4. The molecular weight excluding hydrogens is 558 g/mol. The summed E-state index contributed by atoms with van der Waals surface area (Å²) in [6, 6.07) is 38.2. The molecule has 4 aromatic carbocycles. The van der Waals surface area contributed by atoms with Crippen LogP contribution in [0.5, 0.6) is 0 Å². The van der Waals surface area contributed by atoms with E-state index >= 15 is 0 Å². The van der Waals surface area contributed by atoms with Crippen LogP contribution >= 0.6 is 0 Å². The second-order valence-electron chi connectivity index (χ2n) is 9.22. The van der Waals surface area contributed by atoms with E-state index in [4.69, 9.17) is 0 Å². The van der Waals surface area contributed by atoms with Crippen molar-refractivity contribution in [3.8, 4) is 11.1 Å². The van der Waals surface area contributed by atoms with Crippen LogP contribution in [0.25, 0.3) is 22.3 Å². The third-order valence-electron chi connectivity index (χ3n) is 7.62. The van der Waals surface area contributed by atoms with E-state index in [0.29, 0.717) is 11.8 Å². The Morgan fingerprint density at radius 3 is 1.78 bits per heavy atom. The normalized spacial score (nSPS) is 17.1. The van der Waals surface area contributed by atoms with E-state index in [0.717, 1.165) is 0 Å². The van der Waals surface area contributed by atoms with Gasteiger partial charge in [-0.05, 0) is 49.4 Å². The van der Waals surface area contributed by atoms with Crippen molar-refractivity contribution in [3.63, 3.8) is 0 Å². The third-order valence-corrected chi connectivity index (χ3v) is 7.62. The van der Waals surface area contributed by atoms with Crippen LogP contribution in [-0.4, -0.2) is 0 Å². The molecule has 0 radical (unpaired) electrons. The maximum Gasteiger partial charge on any atom is 2.00 e. The van der Waals surface area contributed by atoms with Gasteiger partial charge < -0.3 is 24.8 Å². The molecule has 0 fully saturated rings. The van der Waals surface area contributed by atoms with Crippen LogP contribution in [-0.2, 0) is 26.2 Å². The summed E-state index contributed by atoms with van der Waals surface area (Å²) in [7, 11) is 0. The molecule has 36 heavy (non-hydrogen) atoms. The van der Waals surface area contributed by atoms with Crippen LogP contribution in [0.4, 0.5) is 0 Å². The molecule has 0 aliphatic heterocycles. The smallest absolute Gasteiger partial charge is 1.00 e. The Balaban J connectivity index is 0.00000101. The number of hydrogen-bond acceptors (Lipinski definition) is 0. The van der Waals surface area contributed by atoms with Gasteiger partial charge in [0.05, 0.1) is 0 Å². The van der Waals surface area contributed by atoms with Gasteiger partial charge in [-0.25, -0.2) is 0 Å².